The Bertz CT molecular complexity index is 903. The monoisotopic (exact) mass is 323 g/mol. The average molecular weight is 323 g/mol. The molecule has 4 nitrogen and oxygen atoms in total. The summed E-state index contributed by atoms with van der Waals surface area (Å²) < 4.78 is 16.4. The molecule has 24 heavy (non-hydrogen) atoms. The third-order valence-electron chi connectivity index (χ3n) is 4.30. The van der Waals surface area contributed by atoms with Crippen LogP contribution in [0.25, 0.3) is 22.2 Å². The molecule has 0 bridgehead atoms. The zero-order valence-electron chi connectivity index (χ0n) is 14.6. The standard InChI is InChI=1S/C20H21NO3/c1-12-6-7-14(10-13(12)2)16-9-8-15-17(21-16)11-18(22-3)20(24-5)19(15)23-4/h6-11H,1-5H3. The number of ether oxygens (including phenoxy) is 3. The zero-order chi connectivity index (χ0) is 17.3. The Morgan fingerprint density at radius 1 is 0.750 bits per heavy atom. The van der Waals surface area contributed by atoms with Crippen molar-refractivity contribution in [1.82, 2.24) is 4.98 Å². The summed E-state index contributed by atoms with van der Waals surface area (Å²) >= 11 is 0. The van der Waals surface area contributed by atoms with E-state index in [1.165, 1.54) is 11.1 Å². The van der Waals surface area contributed by atoms with E-state index in [-0.39, 0.29) is 0 Å². The number of methoxy groups -OCH3 is 3. The van der Waals surface area contributed by atoms with Crippen molar-refractivity contribution >= 4 is 10.9 Å². The smallest absolute Gasteiger partial charge is 0.204 e. The number of fused-ring (bicyclic) bond motifs is 1. The third kappa shape index (κ3) is 2.64. The molecule has 0 N–H and O–H groups in total. The van der Waals surface area contributed by atoms with Gasteiger partial charge in [0.05, 0.1) is 32.5 Å². The second-order valence-corrected chi connectivity index (χ2v) is 5.71. The van der Waals surface area contributed by atoms with Crippen molar-refractivity contribution in [3.8, 4) is 28.5 Å². The molecule has 0 saturated heterocycles. The molecule has 3 rings (SSSR count). The molecule has 3 aromatic rings. The van der Waals surface area contributed by atoms with Gasteiger partial charge >= 0.3 is 0 Å². The van der Waals surface area contributed by atoms with Crippen LogP contribution in [0, 0.1) is 13.8 Å². The topological polar surface area (TPSA) is 40.6 Å². The van der Waals surface area contributed by atoms with Crippen molar-refractivity contribution < 1.29 is 14.2 Å². The highest BCUT2D eigenvalue weighted by Crippen LogP contribution is 2.43. The van der Waals surface area contributed by atoms with Gasteiger partial charge in [0, 0.05) is 17.0 Å². The van der Waals surface area contributed by atoms with Gasteiger partial charge in [-0.05, 0) is 43.2 Å². The highest BCUT2D eigenvalue weighted by molar-refractivity contribution is 5.92. The molecular formula is C20H21NO3. The molecule has 0 fully saturated rings. The van der Waals surface area contributed by atoms with Crippen molar-refractivity contribution in [2.75, 3.05) is 21.3 Å². The minimum absolute atomic E-state index is 0.577. The number of aryl methyl sites for hydroxylation is 2. The Balaban J connectivity index is 2.22. The molecule has 0 spiro atoms. The summed E-state index contributed by atoms with van der Waals surface area (Å²) in [5.74, 6) is 1.81. The maximum atomic E-state index is 5.53. The molecule has 0 amide bonds. The lowest BCUT2D eigenvalue weighted by molar-refractivity contribution is 0.327. The number of rotatable bonds is 4. The third-order valence-corrected chi connectivity index (χ3v) is 4.30. The van der Waals surface area contributed by atoms with Crippen LogP contribution in [0.3, 0.4) is 0 Å². The van der Waals surface area contributed by atoms with Crippen molar-refractivity contribution in [1.29, 1.82) is 0 Å². The van der Waals surface area contributed by atoms with Crippen molar-refractivity contribution in [2.45, 2.75) is 13.8 Å². The highest BCUT2D eigenvalue weighted by atomic mass is 16.5. The number of aromatic nitrogens is 1. The van der Waals surface area contributed by atoms with Crippen molar-refractivity contribution in [2.24, 2.45) is 0 Å². The quantitative estimate of drug-likeness (QED) is 0.706. The molecule has 1 aromatic heterocycles. The summed E-state index contributed by atoms with van der Waals surface area (Å²) in [6, 6.07) is 12.2. The molecule has 0 aliphatic heterocycles. The first-order valence-corrected chi connectivity index (χ1v) is 7.76. The van der Waals surface area contributed by atoms with Crippen molar-refractivity contribution in [3.63, 3.8) is 0 Å². The SMILES string of the molecule is COc1cc2nc(-c3ccc(C)c(C)c3)ccc2c(OC)c1OC. The minimum Gasteiger partial charge on any atom is -0.493 e. The second kappa shape index (κ2) is 6.40. The van der Waals surface area contributed by atoms with E-state index in [9.17, 15) is 0 Å². The molecule has 2 aromatic carbocycles. The van der Waals surface area contributed by atoms with Gasteiger partial charge in [0.2, 0.25) is 5.75 Å². The molecule has 4 heteroatoms. The molecule has 0 aliphatic carbocycles. The van der Waals surface area contributed by atoms with Crippen LogP contribution in [0.2, 0.25) is 0 Å². The van der Waals surface area contributed by atoms with Gasteiger partial charge < -0.3 is 14.2 Å². The molecule has 0 saturated carbocycles. The lowest BCUT2D eigenvalue weighted by Gasteiger charge is -2.15. The van der Waals surface area contributed by atoms with Crippen molar-refractivity contribution in [3.05, 3.63) is 47.5 Å². The number of nitrogens with zero attached hydrogens (tertiary/aromatic N) is 1. The summed E-state index contributed by atoms with van der Waals surface area (Å²) in [6.07, 6.45) is 0. The van der Waals surface area contributed by atoms with Gasteiger partial charge in [-0.1, -0.05) is 12.1 Å². The van der Waals surface area contributed by atoms with E-state index in [2.05, 4.69) is 32.0 Å². The first-order valence-electron chi connectivity index (χ1n) is 7.76. The Morgan fingerprint density at radius 2 is 1.50 bits per heavy atom. The first-order chi connectivity index (χ1) is 11.6. The van der Waals surface area contributed by atoms with Crippen LogP contribution in [0.4, 0.5) is 0 Å². The normalized spacial score (nSPS) is 10.7. The summed E-state index contributed by atoms with van der Waals surface area (Å²) in [5, 5.41) is 0.891. The first kappa shape index (κ1) is 16.1. The lowest BCUT2D eigenvalue weighted by atomic mass is 10.0. The fourth-order valence-corrected chi connectivity index (χ4v) is 2.81. The largest absolute Gasteiger partial charge is 0.493 e. The zero-order valence-corrected chi connectivity index (χ0v) is 14.6. The second-order valence-electron chi connectivity index (χ2n) is 5.71. The van der Waals surface area contributed by atoms with E-state index in [0.717, 1.165) is 22.2 Å². The molecule has 0 radical (unpaired) electrons. The summed E-state index contributed by atoms with van der Waals surface area (Å²) in [4.78, 5) is 4.79. The Labute approximate surface area is 142 Å². The van der Waals surface area contributed by atoms with Gasteiger partial charge in [0.25, 0.3) is 0 Å². The maximum Gasteiger partial charge on any atom is 0.204 e. The summed E-state index contributed by atoms with van der Waals surface area (Å²) in [7, 11) is 4.83. The average Bonchev–Trinajstić information content (AvgIpc) is 2.61. The van der Waals surface area contributed by atoms with Crippen LogP contribution in [0.5, 0.6) is 17.2 Å². The highest BCUT2D eigenvalue weighted by Gasteiger charge is 2.17. The predicted octanol–water partition coefficient (Wildman–Crippen LogP) is 4.54. The van der Waals surface area contributed by atoms with Crippen LogP contribution >= 0.6 is 0 Å². The summed E-state index contributed by atoms with van der Waals surface area (Å²) in [6.45, 7) is 4.21. The van der Waals surface area contributed by atoms with Crippen LogP contribution in [0.15, 0.2) is 36.4 Å². The van der Waals surface area contributed by atoms with E-state index >= 15 is 0 Å². The van der Waals surface area contributed by atoms with Crippen LogP contribution in [-0.2, 0) is 0 Å². The molecule has 124 valence electrons. The fourth-order valence-electron chi connectivity index (χ4n) is 2.81. The number of benzene rings is 2. The van der Waals surface area contributed by atoms with E-state index < -0.39 is 0 Å². The van der Waals surface area contributed by atoms with Crippen LogP contribution < -0.4 is 14.2 Å². The van der Waals surface area contributed by atoms with E-state index in [1.54, 1.807) is 21.3 Å². The maximum absolute atomic E-state index is 5.53. The van der Waals surface area contributed by atoms with Gasteiger partial charge in [0.1, 0.15) is 0 Å². The van der Waals surface area contributed by atoms with E-state index in [4.69, 9.17) is 19.2 Å². The Kier molecular flexibility index (Phi) is 4.30. The van der Waals surface area contributed by atoms with E-state index in [1.807, 2.05) is 18.2 Å². The van der Waals surface area contributed by atoms with Crippen LogP contribution in [-0.4, -0.2) is 26.3 Å². The molecule has 1 heterocycles. The lowest BCUT2D eigenvalue weighted by Crippen LogP contribution is -1.97. The molecule has 0 atom stereocenters. The molecule has 0 unspecified atom stereocenters. The fraction of sp³-hybridized carbons (Fsp3) is 0.250. The van der Waals surface area contributed by atoms with Gasteiger partial charge in [-0.25, -0.2) is 4.98 Å². The van der Waals surface area contributed by atoms with E-state index in [0.29, 0.717) is 17.2 Å². The summed E-state index contributed by atoms with van der Waals surface area (Å²) in [5.41, 5.74) is 5.33. The number of hydrogen-bond acceptors (Lipinski definition) is 4. The number of hydrogen-bond donors (Lipinski definition) is 0. The molecule has 0 aliphatic rings. The van der Waals surface area contributed by atoms with Gasteiger partial charge in [-0.2, -0.15) is 0 Å². The van der Waals surface area contributed by atoms with Gasteiger partial charge in [0.15, 0.2) is 11.5 Å². The predicted molar refractivity (Wildman–Crippen MR) is 96.3 cm³/mol. The Morgan fingerprint density at radius 3 is 2.12 bits per heavy atom. The van der Waals surface area contributed by atoms with Crippen LogP contribution in [0.1, 0.15) is 11.1 Å². The van der Waals surface area contributed by atoms with Gasteiger partial charge in [-0.15, -0.1) is 0 Å². The Hall–Kier alpha value is -2.75. The minimum atomic E-state index is 0.577. The van der Waals surface area contributed by atoms with Gasteiger partial charge in [-0.3, -0.25) is 0 Å². The number of pyridine rings is 1. The molecular weight excluding hydrogens is 302 g/mol.